The van der Waals surface area contributed by atoms with Gasteiger partial charge in [0.15, 0.2) is 0 Å². The fourth-order valence-electron chi connectivity index (χ4n) is 1.81. The smallest absolute Gasteiger partial charge is 0.239 e. The molecule has 0 aliphatic rings. The molecular formula is C14H13BrFN3O. The topological polar surface area (TPSA) is 68.0 Å². The molecule has 0 saturated carbocycles. The Morgan fingerprint density at radius 1 is 1.40 bits per heavy atom. The van der Waals surface area contributed by atoms with E-state index in [-0.39, 0.29) is 5.56 Å². The number of nitrogens with zero attached hydrogens (tertiary/aromatic N) is 1. The van der Waals surface area contributed by atoms with Crippen molar-refractivity contribution in [2.24, 2.45) is 5.73 Å². The fraction of sp³-hybridized carbons (Fsp3) is 0.143. The Kier molecular flexibility index (Phi) is 4.81. The number of primary amides is 1. The number of amides is 1. The monoisotopic (exact) mass is 337 g/mol. The molecule has 2 rings (SSSR count). The molecule has 2 aromatic rings. The van der Waals surface area contributed by atoms with E-state index in [4.69, 9.17) is 5.73 Å². The number of halogens is 2. The van der Waals surface area contributed by atoms with E-state index in [1.165, 1.54) is 12.1 Å². The molecule has 6 heteroatoms. The molecule has 0 fully saturated rings. The summed E-state index contributed by atoms with van der Waals surface area (Å²) in [7, 11) is 0. The molecule has 0 radical (unpaired) electrons. The summed E-state index contributed by atoms with van der Waals surface area (Å²) in [5.41, 5.74) is 6.31. The van der Waals surface area contributed by atoms with E-state index < -0.39 is 17.8 Å². The SMILES string of the molecule is NC(=O)[C@H](NCc1ccccn1)c1ccc(Br)cc1F. The van der Waals surface area contributed by atoms with E-state index in [2.05, 4.69) is 26.2 Å². The van der Waals surface area contributed by atoms with Gasteiger partial charge in [-0.1, -0.05) is 28.1 Å². The summed E-state index contributed by atoms with van der Waals surface area (Å²) in [5.74, 6) is -1.13. The summed E-state index contributed by atoms with van der Waals surface area (Å²) in [5, 5.41) is 2.92. The van der Waals surface area contributed by atoms with Crippen LogP contribution in [0.5, 0.6) is 0 Å². The van der Waals surface area contributed by atoms with E-state index in [0.29, 0.717) is 11.0 Å². The van der Waals surface area contributed by atoms with Crippen molar-refractivity contribution in [3.05, 3.63) is 64.1 Å². The zero-order valence-corrected chi connectivity index (χ0v) is 12.1. The van der Waals surface area contributed by atoms with E-state index in [1.807, 2.05) is 12.1 Å². The second-order valence-corrected chi connectivity index (χ2v) is 5.12. The van der Waals surface area contributed by atoms with Crippen LogP contribution in [-0.4, -0.2) is 10.9 Å². The van der Waals surface area contributed by atoms with Gasteiger partial charge in [0.2, 0.25) is 5.91 Å². The van der Waals surface area contributed by atoms with Crippen LogP contribution in [0.4, 0.5) is 4.39 Å². The average molecular weight is 338 g/mol. The lowest BCUT2D eigenvalue weighted by Crippen LogP contribution is -2.34. The molecule has 1 atom stereocenters. The molecule has 0 aliphatic heterocycles. The summed E-state index contributed by atoms with van der Waals surface area (Å²) in [4.78, 5) is 15.6. The van der Waals surface area contributed by atoms with Gasteiger partial charge in [0.1, 0.15) is 11.9 Å². The van der Waals surface area contributed by atoms with Crippen molar-refractivity contribution < 1.29 is 9.18 Å². The first-order valence-corrected chi connectivity index (χ1v) is 6.75. The fourth-order valence-corrected chi connectivity index (χ4v) is 2.14. The predicted molar refractivity (Wildman–Crippen MR) is 77.1 cm³/mol. The van der Waals surface area contributed by atoms with Crippen LogP contribution < -0.4 is 11.1 Å². The van der Waals surface area contributed by atoms with Crippen LogP contribution in [0.15, 0.2) is 47.1 Å². The Morgan fingerprint density at radius 2 is 2.20 bits per heavy atom. The lowest BCUT2D eigenvalue weighted by Gasteiger charge is -2.16. The van der Waals surface area contributed by atoms with Crippen molar-refractivity contribution >= 4 is 21.8 Å². The molecule has 3 N–H and O–H groups in total. The summed E-state index contributed by atoms with van der Waals surface area (Å²) in [6.45, 7) is 0.323. The maximum Gasteiger partial charge on any atom is 0.239 e. The van der Waals surface area contributed by atoms with Gasteiger partial charge in [0.05, 0.1) is 5.69 Å². The van der Waals surface area contributed by atoms with Gasteiger partial charge in [0.25, 0.3) is 0 Å². The third kappa shape index (κ3) is 3.61. The third-order valence-corrected chi connectivity index (χ3v) is 3.26. The first-order valence-electron chi connectivity index (χ1n) is 5.95. The van der Waals surface area contributed by atoms with Gasteiger partial charge in [-0.3, -0.25) is 15.1 Å². The normalized spacial score (nSPS) is 12.1. The van der Waals surface area contributed by atoms with Crippen LogP contribution in [-0.2, 0) is 11.3 Å². The molecule has 1 aromatic heterocycles. The number of hydrogen-bond donors (Lipinski definition) is 2. The van der Waals surface area contributed by atoms with Crippen molar-refractivity contribution in [3.63, 3.8) is 0 Å². The van der Waals surface area contributed by atoms with Crippen LogP contribution in [0.3, 0.4) is 0 Å². The van der Waals surface area contributed by atoms with Crippen LogP contribution in [0.2, 0.25) is 0 Å². The molecule has 0 bridgehead atoms. The molecule has 20 heavy (non-hydrogen) atoms. The van der Waals surface area contributed by atoms with Gasteiger partial charge in [0, 0.05) is 22.8 Å². The van der Waals surface area contributed by atoms with Crippen molar-refractivity contribution in [1.82, 2.24) is 10.3 Å². The van der Waals surface area contributed by atoms with Crippen molar-refractivity contribution in [2.45, 2.75) is 12.6 Å². The standard InChI is InChI=1S/C14H13BrFN3O/c15-9-4-5-11(12(16)7-9)13(14(17)20)19-8-10-3-1-2-6-18-10/h1-7,13,19H,8H2,(H2,17,20)/t13-/m1/s1. The number of aromatic nitrogens is 1. The molecule has 1 heterocycles. The molecule has 0 unspecified atom stereocenters. The van der Waals surface area contributed by atoms with Crippen LogP contribution in [0.1, 0.15) is 17.3 Å². The Morgan fingerprint density at radius 3 is 2.80 bits per heavy atom. The number of nitrogens with two attached hydrogens (primary N) is 1. The number of pyridine rings is 1. The Hall–Kier alpha value is -1.79. The number of nitrogens with one attached hydrogen (secondary N) is 1. The average Bonchev–Trinajstić information content (AvgIpc) is 2.42. The van der Waals surface area contributed by atoms with Gasteiger partial charge in [-0.2, -0.15) is 0 Å². The van der Waals surface area contributed by atoms with Crippen molar-refractivity contribution in [3.8, 4) is 0 Å². The maximum atomic E-state index is 13.9. The van der Waals surface area contributed by atoms with Crippen molar-refractivity contribution in [1.29, 1.82) is 0 Å². The Bertz CT molecular complexity index is 607. The predicted octanol–water partition coefficient (Wildman–Crippen LogP) is 2.30. The summed E-state index contributed by atoms with van der Waals surface area (Å²) < 4.78 is 14.5. The lowest BCUT2D eigenvalue weighted by atomic mass is 10.1. The highest BCUT2D eigenvalue weighted by molar-refractivity contribution is 9.10. The van der Waals surface area contributed by atoms with Crippen LogP contribution in [0, 0.1) is 5.82 Å². The highest BCUT2D eigenvalue weighted by Gasteiger charge is 2.21. The summed E-state index contributed by atoms with van der Waals surface area (Å²) in [6, 6.07) is 9.03. The molecule has 0 spiro atoms. The minimum atomic E-state index is -0.898. The molecule has 104 valence electrons. The number of rotatable bonds is 5. The number of benzene rings is 1. The van der Waals surface area contributed by atoms with Crippen LogP contribution >= 0.6 is 15.9 Å². The largest absolute Gasteiger partial charge is 0.368 e. The summed E-state index contributed by atoms with van der Waals surface area (Å²) >= 11 is 3.17. The second-order valence-electron chi connectivity index (χ2n) is 4.20. The Balaban J connectivity index is 2.17. The van der Waals surface area contributed by atoms with Gasteiger partial charge in [-0.15, -0.1) is 0 Å². The minimum Gasteiger partial charge on any atom is -0.368 e. The number of carbonyl (C=O) groups excluding carboxylic acids is 1. The maximum absolute atomic E-state index is 13.9. The van der Waals surface area contributed by atoms with E-state index in [9.17, 15) is 9.18 Å². The highest BCUT2D eigenvalue weighted by atomic mass is 79.9. The van der Waals surface area contributed by atoms with Gasteiger partial charge in [-0.05, 0) is 24.3 Å². The lowest BCUT2D eigenvalue weighted by molar-refractivity contribution is -0.120. The quantitative estimate of drug-likeness (QED) is 0.879. The van der Waals surface area contributed by atoms with Crippen molar-refractivity contribution in [2.75, 3.05) is 0 Å². The van der Waals surface area contributed by atoms with Crippen LogP contribution in [0.25, 0.3) is 0 Å². The van der Waals surface area contributed by atoms with E-state index in [0.717, 1.165) is 5.69 Å². The van der Waals surface area contributed by atoms with E-state index in [1.54, 1.807) is 18.3 Å². The Labute approximate surface area is 124 Å². The van der Waals surface area contributed by atoms with E-state index >= 15 is 0 Å². The van der Waals surface area contributed by atoms with Gasteiger partial charge >= 0.3 is 0 Å². The first-order chi connectivity index (χ1) is 9.58. The molecular weight excluding hydrogens is 325 g/mol. The second kappa shape index (κ2) is 6.58. The van der Waals surface area contributed by atoms with Gasteiger partial charge in [-0.25, -0.2) is 4.39 Å². The molecule has 0 saturated heterocycles. The zero-order valence-electron chi connectivity index (χ0n) is 10.5. The van der Waals surface area contributed by atoms with Gasteiger partial charge < -0.3 is 5.73 Å². The highest BCUT2D eigenvalue weighted by Crippen LogP contribution is 2.21. The number of hydrogen-bond acceptors (Lipinski definition) is 3. The third-order valence-electron chi connectivity index (χ3n) is 2.77. The molecule has 4 nitrogen and oxygen atoms in total. The molecule has 1 aromatic carbocycles. The minimum absolute atomic E-state index is 0.219. The molecule has 0 aliphatic carbocycles. The number of carbonyl (C=O) groups is 1. The zero-order chi connectivity index (χ0) is 14.5. The molecule has 1 amide bonds. The first kappa shape index (κ1) is 14.6. The summed E-state index contributed by atoms with van der Waals surface area (Å²) in [6.07, 6.45) is 1.65.